The van der Waals surface area contributed by atoms with E-state index in [-0.39, 0.29) is 0 Å². The fourth-order valence-electron chi connectivity index (χ4n) is 2.24. The van der Waals surface area contributed by atoms with E-state index in [1.807, 2.05) is 11.6 Å². The Bertz CT molecular complexity index is 501. The number of anilines is 1. The molecule has 108 valence electrons. The maximum atomic E-state index is 4.11. The molecular weight excluding hydrogens is 248 g/mol. The van der Waals surface area contributed by atoms with Crippen LogP contribution in [0.2, 0.25) is 0 Å². The zero-order valence-electron chi connectivity index (χ0n) is 12.5. The summed E-state index contributed by atoms with van der Waals surface area (Å²) in [6.07, 6.45) is 8.29. The molecule has 0 unspecified atom stereocenters. The van der Waals surface area contributed by atoms with Gasteiger partial charge < -0.3 is 9.88 Å². The van der Waals surface area contributed by atoms with Crippen LogP contribution >= 0.6 is 0 Å². The fourth-order valence-corrected chi connectivity index (χ4v) is 2.24. The van der Waals surface area contributed by atoms with Gasteiger partial charge in [0.05, 0.1) is 0 Å². The number of aromatic nitrogens is 3. The van der Waals surface area contributed by atoms with Gasteiger partial charge in [-0.3, -0.25) is 0 Å². The van der Waals surface area contributed by atoms with Crippen molar-refractivity contribution in [1.82, 2.24) is 14.8 Å². The third kappa shape index (κ3) is 4.08. The molecule has 1 aromatic heterocycles. The SMILES string of the molecule is CCCCCCCNc1ccc(-c2nncn2C)cc1. The number of nitrogens with zero attached hydrogens (tertiary/aromatic N) is 3. The first-order valence-electron chi connectivity index (χ1n) is 7.49. The van der Waals surface area contributed by atoms with Crippen molar-refractivity contribution in [1.29, 1.82) is 0 Å². The summed E-state index contributed by atoms with van der Waals surface area (Å²) >= 11 is 0. The van der Waals surface area contributed by atoms with E-state index < -0.39 is 0 Å². The molecular formula is C16H24N4. The molecule has 2 rings (SSSR count). The normalized spacial score (nSPS) is 10.7. The highest BCUT2D eigenvalue weighted by atomic mass is 15.2. The molecule has 0 radical (unpaired) electrons. The molecule has 2 aromatic rings. The fraction of sp³-hybridized carbons (Fsp3) is 0.500. The van der Waals surface area contributed by atoms with Gasteiger partial charge in [-0.1, -0.05) is 32.6 Å². The Kier molecular flexibility index (Phi) is 5.59. The molecule has 0 aliphatic carbocycles. The quantitative estimate of drug-likeness (QED) is 0.742. The predicted octanol–water partition coefficient (Wildman–Crippen LogP) is 3.86. The largest absolute Gasteiger partial charge is 0.385 e. The summed E-state index contributed by atoms with van der Waals surface area (Å²) < 4.78 is 1.93. The van der Waals surface area contributed by atoms with Crippen LogP contribution in [0, 0.1) is 0 Å². The Morgan fingerprint density at radius 1 is 1.05 bits per heavy atom. The predicted molar refractivity (Wildman–Crippen MR) is 83.7 cm³/mol. The third-order valence-corrected chi connectivity index (χ3v) is 3.46. The molecule has 0 saturated carbocycles. The van der Waals surface area contributed by atoms with Gasteiger partial charge in [-0.15, -0.1) is 10.2 Å². The Morgan fingerprint density at radius 3 is 2.45 bits per heavy atom. The molecule has 1 heterocycles. The first kappa shape index (κ1) is 14.6. The Labute approximate surface area is 121 Å². The Hall–Kier alpha value is -1.84. The van der Waals surface area contributed by atoms with E-state index in [1.54, 1.807) is 6.33 Å². The van der Waals surface area contributed by atoms with Gasteiger partial charge in [0.1, 0.15) is 6.33 Å². The standard InChI is InChI=1S/C16H24N4/c1-3-4-5-6-7-12-17-15-10-8-14(9-11-15)16-19-18-13-20(16)2/h8-11,13,17H,3-7,12H2,1-2H3. The first-order valence-corrected chi connectivity index (χ1v) is 7.49. The second-order valence-electron chi connectivity index (χ2n) is 5.18. The Balaban J connectivity index is 1.79. The molecule has 1 N–H and O–H groups in total. The molecule has 1 aromatic carbocycles. The summed E-state index contributed by atoms with van der Waals surface area (Å²) in [6, 6.07) is 8.39. The van der Waals surface area contributed by atoms with Crippen LogP contribution in [-0.4, -0.2) is 21.3 Å². The average Bonchev–Trinajstić information content (AvgIpc) is 2.90. The topological polar surface area (TPSA) is 42.7 Å². The van der Waals surface area contributed by atoms with Crippen LogP contribution in [-0.2, 0) is 7.05 Å². The van der Waals surface area contributed by atoms with Gasteiger partial charge in [0, 0.05) is 24.8 Å². The number of benzene rings is 1. The molecule has 20 heavy (non-hydrogen) atoms. The maximum Gasteiger partial charge on any atom is 0.163 e. The number of hydrogen-bond acceptors (Lipinski definition) is 3. The second kappa shape index (κ2) is 7.68. The Morgan fingerprint density at radius 2 is 1.80 bits per heavy atom. The van der Waals surface area contributed by atoms with E-state index in [4.69, 9.17) is 0 Å². The van der Waals surface area contributed by atoms with Crippen LogP contribution in [0.15, 0.2) is 30.6 Å². The zero-order chi connectivity index (χ0) is 14.2. The van der Waals surface area contributed by atoms with E-state index in [0.717, 1.165) is 17.9 Å². The van der Waals surface area contributed by atoms with Crippen molar-refractivity contribution in [2.75, 3.05) is 11.9 Å². The highest BCUT2D eigenvalue weighted by Crippen LogP contribution is 2.18. The van der Waals surface area contributed by atoms with E-state index in [2.05, 4.69) is 46.7 Å². The second-order valence-corrected chi connectivity index (χ2v) is 5.18. The highest BCUT2D eigenvalue weighted by molar-refractivity contribution is 5.59. The van der Waals surface area contributed by atoms with Crippen molar-refractivity contribution in [3.05, 3.63) is 30.6 Å². The van der Waals surface area contributed by atoms with Crippen molar-refractivity contribution in [3.8, 4) is 11.4 Å². The van der Waals surface area contributed by atoms with Gasteiger partial charge in [-0.05, 0) is 30.7 Å². The number of unbranched alkanes of at least 4 members (excludes halogenated alkanes) is 4. The molecule has 4 heteroatoms. The number of rotatable bonds is 8. The summed E-state index contributed by atoms with van der Waals surface area (Å²) in [4.78, 5) is 0. The van der Waals surface area contributed by atoms with Crippen LogP contribution < -0.4 is 5.32 Å². The van der Waals surface area contributed by atoms with E-state index in [9.17, 15) is 0 Å². The molecule has 0 saturated heterocycles. The van der Waals surface area contributed by atoms with E-state index >= 15 is 0 Å². The first-order chi connectivity index (χ1) is 9.81. The van der Waals surface area contributed by atoms with Gasteiger partial charge in [0.15, 0.2) is 5.82 Å². The highest BCUT2D eigenvalue weighted by Gasteiger charge is 2.03. The lowest BCUT2D eigenvalue weighted by Crippen LogP contribution is -2.01. The minimum absolute atomic E-state index is 0.899. The lowest BCUT2D eigenvalue weighted by atomic mass is 10.1. The zero-order valence-corrected chi connectivity index (χ0v) is 12.5. The molecule has 0 spiro atoms. The van der Waals surface area contributed by atoms with Gasteiger partial charge in [-0.25, -0.2) is 0 Å². The van der Waals surface area contributed by atoms with Gasteiger partial charge in [0.25, 0.3) is 0 Å². The average molecular weight is 272 g/mol. The van der Waals surface area contributed by atoms with Crippen LogP contribution in [0.4, 0.5) is 5.69 Å². The van der Waals surface area contributed by atoms with Gasteiger partial charge in [-0.2, -0.15) is 0 Å². The van der Waals surface area contributed by atoms with Crippen molar-refractivity contribution in [2.24, 2.45) is 7.05 Å². The minimum Gasteiger partial charge on any atom is -0.385 e. The van der Waals surface area contributed by atoms with Crippen LogP contribution in [0.25, 0.3) is 11.4 Å². The van der Waals surface area contributed by atoms with Crippen LogP contribution in [0.5, 0.6) is 0 Å². The number of aryl methyl sites for hydroxylation is 1. The molecule has 0 aliphatic heterocycles. The summed E-state index contributed by atoms with van der Waals surface area (Å²) in [5.41, 5.74) is 2.27. The number of nitrogens with one attached hydrogen (secondary N) is 1. The van der Waals surface area contributed by atoms with Gasteiger partial charge >= 0.3 is 0 Å². The van der Waals surface area contributed by atoms with Crippen LogP contribution in [0.1, 0.15) is 39.0 Å². The molecule has 0 atom stereocenters. The van der Waals surface area contributed by atoms with Crippen LogP contribution in [0.3, 0.4) is 0 Å². The molecule has 0 aliphatic rings. The summed E-state index contributed by atoms with van der Waals surface area (Å²) in [5, 5.41) is 11.5. The van der Waals surface area contributed by atoms with Crippen molar-refractivity contribution >= 4 is 5.69 Å². The van der Waals surface area contributed by atoms with Crippen molar-refractivity contribution < 1.29 is 0 Å². The summed E-state index contributed by atoms with van der Waals surface area (Å²) in [7, 11) is 1.96. The lowest BCUT2D eigenvalue weighted by molar-refractivity contribution is 0.645. The smallest absolute Gasteiger partial charge is 0.163 e. The van der Waals surface area contributed by atoms with Gasteiger partial charge in [0.2, 0.25) is 0 Å². The number of hydrogen-bond donors (Lipinski definition) is 1. The van der Waals surface area contributed by atoms with E-state index in [1.165, 1.54) is 37.8 Å². The molecule has 0 amide bonds. The maximum absolute atomic E-state index is 4.11. The molecule has 0 bridgehead atoms. The minimum atomic E-state index is 0.899. The summed E-state index contributed by atoms with van der Waals surface area (Å²) in [5.74, 6) is 0.899. The monoisotopic (exact) mass is 272 g/mol. The lowest BCUT2D eigenvalue weighted by Gasteiger charge is -2.07. The summed E-state index contributed by atoms with van der Waals surface area (Å²) in [6.45, 7) is 3.30. The van der Waals surface area contributed by atoms with Crippen molar-refractivity contribution in [3.63, 3.8) is 0 Å². The third-order valence-electron chi connectivity index (χ3n) is 3.46. The molecule has 0 fully saturated rings. The van der Waals surface area contributed by atoms with Crippen molar-refractivity contribution in [2.45, 2.75) is 39.0 Å². The van der Waals surface area contributed by atoms with E-state index in [0.29, 0.717) is 0 Å². The molecule has 4 nitrogen and oxygen atoms in total.